The van der Waals surface area contributed by atoms with Crippen molar-refractivity contribution in [2.45, 2.75) is 77.7 Å². The molecular formula is C31H40N4O3Si. The van der Waals surface area contributed by atoms with E-state index >= 15 is 0 Å². The molecule has 0 saturated carbocycles. The van der Waals surface area contributed by atoms with Gasteiger partial charge in [0.1, 0.15) is 11.8 Å². The Morgan fingerprint density at radius 3 is 2.72 bits per heavy atom. The van der Waals surface area contributed by atoms with Crippen molar-refractivity contribution in [2.24, 2.45) is 5.92 Å². The SMILES string of the molecule is CC(C)Oc1ccc(-c2nc(-c3cccc4c3CC3CCN(CCO[Si](C)(C)C(C)(C)C)C43)no2)cc1C#N. The van der Waals surface area contributed by atoms with Gasteiger partial charge < -0.3 is 13.7 Å². The monoisotopic (exact) mass is 544 g/mol. The lowest BCUT2D eigenvalue weighted by Gasteiger charge is -2.37. The molecule has 0 radical (unpaired) electrons. The van der Waals surface area contributed by atoms with E-state index in [0.717, 1.165) is 31.7 Å². The maximum atomic E-state index is 9.61. The molecule has 3 aromatic rings. The fraction of sp³-hybridized carbons (Fsp3) is 0.516. The maximum absolute atomic E-state index is 9.61. The van der Waals surface area contributed by atoms with Crippen molar-refractivity contribution in [3.05, 3.63) is 53.1 Å². The van der Waals surface area contributed by atoms with E-state index < -0.39 is 8.32 Å². The molecule has 1 fully saturated rings. The van der Waals surface area contributed by atoms with Crippen molar-refractivity contribution in [1.82, 2.24) is 15.0 Å². The molecule has 0 bridgehead atoms. The van der Waals surface area contributed by atoms with Crippen LogP contribution in [0.5, 0.6) is 5.75 Å². The first-order chi connectivity index (χ1) is 18.5. The molecule has 1 aliphatic heterocycles. The highest BCUT2D eigenvalue weighted by atomic mass is 28.4. The average molecular weight is 545 g/mol. The van der Waals surface area contributed by atoms with Gasteiger partial charge in [0, 0.05) is 30.3 Å². The van der Waals surface area contributed by atoms with E-state index in [2.05, 4.69) is 68.2 Å². The Labute approximate surface area is 233 Å². The Kier molecular flexibility index (Phi) is 7.44. The summed E-state index contributed by atoms with van der Waals surface area (Å²) in [5, 5.41) is 14.2. The first kappa shape index (κ1) is 27.6. The van der Waals surface area contributed by atoms with Gasteiger partial charge in [0.25, 0.3) is 5.89 Å². The van der Waals surface area contributed by atoms with Crippen LogP contribution in [0, 0.1) is 17.2 Å². The molecule has 2 aliphatic rings. The van der Waals surface area contributed by atoms with E-state index in [1.165, 1.54) is 17.5 Å². The molecule has 2 atom stereocenters. The molecule has 8 heteroatoms. The van der Waals surface area contributed by atoms with Crippen LogP contribution < -0.4 is 4.74 Å². The van der Waals surface area contributed by atoms with Crippen LogP contribution in [0.2, 0.25) is 18.1 Å². The Balaban J connectivity index is 1.35. The van der Waals surface area contributed by atoms with E-state index in [0.29, 0.717) is 40.6 Å². The highest BCUT2D eigenvalue weighted by Gasteiger charge is 2.43. The standard InChI is InChI=1S/C31H40N4O3Si/c1-20(2)37-27-12-11-22(17-23(27)19-32)30-33-29(34-38-30)25-10-8-9-24-26(25)18-21-13-14-35(28(21)24)15-16-36-39(6,7)31(3,4)5/h8-12,17,20-21,28H,13-16,18H2,1-7H3. The third kappa shape index (κ3) is 5.40. The van der Waals surface area contributed by atoms with Crippen LogP contribution in [-0.4, -0.2) is 49.2 Å². The predicted octanol–water partition coefficient (Wildman–Crippen LogP) is 7.00. The molecule has 5 rings (SSSR count). The number of rotatable bonds is 8. The van der Waals surface area contributed by atoms with E-state index in [-0.39, 0.29) is 11.1 Å². The van der Waals surface area contributed by atoms with E-state index in [1.54, 1.807) is 12.1 Å². The molecular weight excluding hydrogens is 504 g/mol. The molecule has 0 spiro atoms. The Hall–Kier alpha value is -2.99. The van der Waals surface area contributed by atoms with Crippen LogP contribution >= 0.6 is 0 Å². The average Bonchev–Trinajstić information content (AvgIpc) is 3.59. The fourth-order valence-corrected chi connectivity index (χ4v) is 6.65. The van der Waals surface area contributed by atoms with Crippen LogP contribution in [0.15, 0.2) is 40.9 Å². The molecule has 206 valence electrons. The molecule has 0 N–H and O–H groups in total. The molecule has 0 amide bonds. The van der Waals surface area contributed by atoms with E-state index in [9.17, 15) is 5.26 Å². The summed E-state index contributed by atoms with van der Waals surface area (Å²) >= 11 is 0. The third-order valence-corrected chi connectivity index (χ3v) is 13.2. The summed E-state index contributed by atoms with van der Waals surface area (Å²) in [5.41, 5.74) is 4.91. The molecule has 39 heavy (non-hydrogen) atoms. The predicted molar refractivity (Wildman–Crippen MR) is 155 cm³/mol. The van der Waals surface area contributed by atoms with Crippen molar-refractivity contribution < 1.29 is 13.7 Å². The molecule has 7 nitrogen and oxygen atoms in total. The highest BCUT2D eigenvalue weighted by Crippen LogP contribution is 2.49. The molecule has 2 heterocycles. The van der Waals surface area contributed by atoms with Gasteiger partial charge in [-0.1, -0.05) is 44.1 Å². The summed E-state index contributed by atoms with van der Waals surface area (Å²) in [7, 11) is -1.76. The number of nitrogens with zero attached hydrogens (tertiary/aromatic N) is 4. The van der Waals surface area contributed by atoms with Crippen molar-refractivity contribution in [1.29, 1.82) is 5.26 Å². The van der Waals surface area contributed by atoms with Gasteiger partial charge in [0.2, 0.25) is 5.82 Å². The van der Waals surface area contributed by atoms with Crippen LogP contribution in [0.4, 0.5) is 0 Å². The summed E-state index contributed by atoms with van der Waals surface area (Å²) < 4.78 is 17.9. The second kappa shape index (κ2) is 10.5. The van der Waals surface area contributed by atoms with Gasteiger partial charge in [-0.2, -0.15) is 10.2 Å². The number of nitriles is 1. The van der Waals surface area contributed by atoms with Crippen LogP contribution in [0.25, 0.3) is 22.8 Å². The Morgan fingerprint density at radius 1 is 1.21 bits per heavy atom. The van der Waals surface area contributed by atoms with Crippen LogP contribution in [0.1, 0.15) is 63.8 Å². The van der Waals surface area contributed by atoms with Crippen LogP contribution in [0.3, 0.4) is 0 Å². The first-order valence-electron chi connectivity index (χ1n) is 14.0. The maximum Gasteiger partial charge on any atom is 0.258 e. The molecule has 2 aromatic carbocycles. The summed E-state index contributed by atoms with van der Waals surface area (Å²) in [6, 6.07) is 14.5. The molecule has 2 unspecified atom stereocenters. The Morgan fingerprint density at radius 2 is 2.00 bits per heavy atom. The number of aromatic nitrogens is 2. The van der Waals surface area contributed by atoms with E-state index in [1.807, 2.05) is 19.9 Å². The molecule has 1 saturated heterocycles. The molecule has 1 aliphatic carbocycles. The highest BCUT2D eigenvalue weighted by molar-refractivity contribution is 6.74. The number of likely N-dealkylation sites (tertiary alicyclic amines) is 1. The normalized spacial score (nSPS) is 19.3. The number of ether oxygens (including phenoxy) is 1. The van der Waals surface area contributed by atoms with Gasteiger partial charge in [0.15, 0.2) is 8.32 Å². The summed E-state index contributed by atoms with van der Waals surface area (Å²) in [4.78, 5) is 7.36. The number of hydrogen-bond donors (Lipinski definition) is 0. The smallest absolute Gasteiger partial charge is 0.258 e. The minimum atomic E-state index is -1.76. The first-order valence-corrected chi connectivity index (χ1v) is 16.9. The van der Waals surface area contributed by atoms with Gasteiger partial charge in [-0.15, -0.1) is 0 Å². The van der Waals surface area contributed by atoms with Crippen LogP contribution in [-0.2, 0) is 10.8 Å². The second-order valence-electron chi connectivity index (χ2n) is 12.6. The van der Waals surface area contributed by atoms with Crippen molar-refractivity contribution in [3.63, 3.8) is 0 Å². The third-order valence-electron chi connectivity index (χ3n) is 8.65. The lowest BCUT2D eigenvalue weighted by molar-refractivity contribution is 0.180. The van der Waals surface area contributed by atoms with Gasteiger partial charge in [0.05, 0.1) is 11.7 Å². The number of fused-ring (bicyclic) bond motifs is 3. The number of benzene rings is 2. The van der Waals surface area contributed by atoms with Crippen molar-refractivity contribution >= 4 is 8.32 Å². The topological polar surface area (TPSA) is 84.4 Å². The quantitative estimate of drug-likeness (QED) is 0.282. The van der Waals surface area contributed by atoms with Gasteiger partial charge in [-0.05, 0) is 86.6 Å². The van der Waals surface area contributed by atoms with Gasteiger partial charge in [-0.3, -0.25) is 4.90 Å². The van der Waals surface area contributed by atoms with Crippen molar-refractivity contribution in [2.75, 3.05) is 19.7 Å². The Bertz CT molecular complexity index is 1390. The summed E-state index contributed by atoms with van der Waals surface area (Å²) in [6.07, 6.45) is 2.20. The summed E-state index contributed by atoms with van der Waals surface area (Å²) in [6.45, 7) is 18.3. The molecule has 1 aromatic heterocycles. The van der Waals surface area contributed by atoms with Gasteiger partial charge in [-0.25, -0.2) is 0 Å². The van der Waals surface area contributed by atoms with Gasteiger partial charge >= 0.3 is 0 Å². The minimum Gasteiger partial charge on any atom is -0.490 e. The minimum absolute atomic E-state index is 0.0155. The number of hydrogen-bond acceptors (Lipinski definition) is 7. The zero-order chi connectivity index (χ0) is 27.9. The fourth-order valence-electron chi connectivity index (χ4n) is 5.62. The second-order valence-corrected chi connectivity index (χ2v) is 17.4. The zero-order valence-corrected chi connectivity index (χ0v) is 25.2. The van der Waals surface area contributed by atoms with Crippen molar-refractivity contribution in [3.8, 4) is 34.7 Å². The summed E-state index contributed by atoms with van der Waals surface area (Å²) in [5.74, 6) is 2.16. The lowest BCUT2D eigenvalue weighted by atomic mass is 10.0. The lowest BCUT2D eigenvalue weighted by Crippen LogP contribution is -2.42. The van der Waals surface area contributed by atoms with E-state index in [4.69, 9.17) is 18.7 Å². The largest absolute Gasteiger partial charge is 0.490 e. The zero-order valence-electron chi connectivity index (χ0n) is 24.2.